The van der Waals surface area contributed by atoms with Gasteiger partial charge in [0.2, 0.25) is 0 Å². The average molecular weight is 333 g/mol. The summed E-state index contributed by atoms with van der Waals surface area (Å²) in [5.74, 6) is 0.524. The molecule has 1 aliphatic rings. The number of hydrogen-bond acceptors (Lipinski definition) is 3. The highest BCUT2D eigenvalue weighted by Gasteiger charge is 2.29. The van der Waals surface area contributed by atoms with Crippen LogP contribution in [0.25, 0.3) is 0 Å². The van der Waals surface area contributed by atoms with Gasteiger partial charge in [0.15, 0.2) is 6.10 Å². The molecule has 0 aromatic heterocycles. The van der Waals surface area contributed by atoms with Crippen molar-refractivity contribution in [2.24, 2.45) is 5.73 Å². The summed E-state index contributed by atoms with van der Waals surface area (Å²) < 4.78 is 5.69. The molecule has 4 nitrogen and oxygen atoms in total. The third-order valence-corrected chi connectivity index (χ3v) is 3.98. The van der Waals surface area contributed by atoms with Gasteiger partial charge in [-0.2, -0.15) is 0 Å². The highest BCUT2D eigenvalue weighted by Crippen LogP contribution is 2.25. The number of benzene rings is 1. The van der Waals surface area contributed by atoms with Gasteiger partial charge in [0.05, 0.1) is 5.02 Å². The van der Waals surface area contributed by atoms with Crippen LogP contribution in [-0.2, 0) is 4.79 Å². The highest BCUT2D eigenvalue weighted by atomic mass is 35.5. The van der Waals surface area contributed by atoms with Crippen molar-refractivity contribution in [3.8, 4) is 5.75 Å². The lowest BCUT2D eigenvalue weighted by molar-refractivity contribution is -0.141. The molecule has 21 heavy (non-hydrogen) atoms. The Morgan fingerprint density at radius 1 is 1.48 bits per heavy atom. The quantitative estimate of drug-likeness (QED) is 0.922. The fourth-order valence-electron chi connectivity index (χ4n) is 2.55. The van der Waals surface area contributed by atoms with Crippen molar-refractivity contribution in [3.05, 3.63) is 29.3 Å². The summed E-state index contributed by atoms with van der Waals surface area (Å²) in [5.41, 5.74) is 5.75. The second kappa shape index (κ2) is 8.47. The normalized spacial score (nSPS) is 19.6. The van der Waals surface area contributed by atoms with Gasteiger partial charge < -0.3 is 15.4 Å². The van der Waals surface area contributed by atoms with Gasteiger partial charge in [-0.05, 0) is 38.3 Å². The van der Waals surface area contributed by atoms with Gasteiger partial charge >= 0.3 is 0 Å². The zero-order valence-corrected chi connectivity index (χ0v) is 13.7. The van der Waals surface area contributed by atoms with Gasteiger partial charge in [-0.25, -0.2) is 0 Å². The Morgan fingerprint density at radius 2 is 2.19 bits per heavy atom. The first-order valence-electron chi connectivity index (χ1n) is 7.05. The summed E-state index contributed by atoms with van der Waals surface area (Å²) in [6.45, 7) is 3.02. The van der Waals surface area contributed by atoms with Crippen molar-refractivity contribution in [1.82, 2.24) is 4.90 Å². The van der Waals surface area contributed by atoms with Crippen LogP contribution in [-0.4, -0.2) is 36.0 Å². The molecule has 0 saturated carbocycles. The van der Waals surface area contributed by atoms with Crippen LogP contribution in [0.15, 0.2) is 24.3 Å². The number of carbonyl (C=O) groups excluding carboxylic acids is 1. The molecule has 1 amide bonds. The van der Waals surface area contributed by atoms with E-state index in [4.69, 9.17) is 22.1 Å². The monoisotopic (exact) mass is 332 g/mol. The molecule has 2 unspecified atom stereocenters. The van der Waals surface area contributed by atoms with Crippen LogP contribution in [0.5, 0.6) is 5.75 Å². The van der Waals surface area contributed by atoms with E-state index in [0.29, 0.717) is 17.3 Å². The highest BCUT2D eigenvalue weighted by molar-refractivity contribution is 6.32. The fraction of sp³-hybridized carbons (Fsp3) is 0.533. The number of rotatable bonds is 4. The molecule has 6 heteroatoms. The van der Waals surface area contributed by atoms with Crippen molar-refractivity contribution < 1.29 is 9.53 Å². The van der Waals surface area contributed by atoms with Crippen molar-refractivity contribution in [1.29, 1.82) is 0 Å². The van der Waals surface area contributed by atoms with E-state index >= 15 is 0 Å². The van der Waals surface area contributed by atoms with E-state index in [1.165, 1.54) is 0 Å². The zero-order valence-electron chi connectivity index (χ0n) is 12.1. The molecular formula is C15H22Cl2N2O2. The molecule has 2 rings (SSSR count). The van der Waals surface area contributed by atoms with Crippen LogP contribution in [0.2, 0.25) is 5.02 Å². The minimum absolute atomic E-state index is 0. The molecular weight excluding hydrogens is 311 g/mol. The average Bonchev–Trinajstić information content (AvgIpc) is 2.48. The summed E-state index contributed by atoms with van der Waals surface area (Å²) >= 11 is 6.04. The Labute approximate surface area is 137 Å². The predicted molar refractivity (Wildman–Crippen MR) is 87.2 cm³/mol. The zero-order chi connectivity index (χ0) is 14.5. The number of halogens is 2. The number of nitrogens with zero attached hydrogens (tertiary/aromatic N) is 1. The number of carbonyl (C=O) groups is 1. The number of amides is 1. The van der Waals surface area contributed by atoms with Crippen LogP contribution in [0.1, 0.15) is 26.2 Å². The molecule has 2 N–H and O–H groups in total. The first-order chi connectivity index (χ1) is 9.63. The maximum absolute atomic E-state index is 12.5. The van der Waals surface area contributed by atoms with Crippen LogP contribution in [0, 0.1) is 0 Å². The van der Waals surface area contributed by atoms with Crippen molar-refractivity contribution >= 4 is 29.9 Å². The third kappa shape index (κ3) is 4.50. The van der Waals surface area contributed by atoms with Gasteiger partial charge in [-0.3, -0.25) is 4.79 Å². The summed E-state index contributed by atoms with van der Waals surface area (Å²) in [6.07, 6.45) is 2.58. The van der Waals surface area contributed by atoms with Crippen LogP contribution in [0.4, 0.5) is 0 Å². The third-order valence-electron chi connectivity index (χ3n) is 3.67. The Hall–Kier alpha value is -0.970. The van der Waals surface area contributed by atoms with Crippen LogP contribution in [0.3, 0.4) is 0 Å². The fourth-order valence-corrected chi connectivity index (χ4v) is 2.73. The van der Waals surface area contributed by atoms with E-state index < -0.39 is 6.10 Å². The molecule has 0 bridgehead atoms. The van der Waals surface area contributed by atoms with Gasteiger partial charge in [-0.1, -0.05) is 23.7 Å². The summed E-state index contributed by atoms with van der Waals surface area (Å²) in [5, 5.41) is 0.515. The van der Waals surface area contributed by atoms with Crippen molar-refractivity contribution in [2.75, 3.05) is 13.1 Å². The second-order valence-corrected chi connectivity index (χ2v) is 5.51. The number of ether oxygens (including phenoxy) is 1. The Morgan fingerprint density at radius 3 is 2.86 bits per heavy atom. The van der Waals surface area contributed by atoms with E-state index in [1.807, 2.05) is 17.0 Å². The molecule has 0 spiro atoms. The van der Waals surface area contributed by atoms with Crippen molar-refractivity contribution in [2.45, 2.75) is 38.3 Å². The van der Waals surface area contributed by atoms with Gasteiger partial charge in [0, 0.05) is 19.1 Å². The molecule has 1 aliphatic heterocycles. The standard InChI is InChI=1S/C15H21ClN2O2.ClH/c1-11(20-14-8-3-2-7-13(14)16)15(19)18-9-5-4-6-12(18)10-17;/h2-3,7-8,11-12H,4-6,9-10,17H2,1H3;1H. The summed E-state index contributed by atoms with van der Waals surface area (Å²) in [7, 11) is 0. The maximum Gasteiger partial charge on any atom is 0.263 e. The van der Waals surface area contributed by atoms with Crippen molar-refractivity contribution in [3.63, 3.8) is 0 Å². The van der Waals surface area contributed by atoms with Crippen LogP contribution >= 0.6 is 24.0 Å². The molecule has 2 atom stereocenters. The van der Waals surface area contributed by atoms with Gasteiger partial charge in [0.1, 0.15) is 5.75 Å². The molecule has 118 valence electrons. The number of nitrogens with two attached hydrogens (primary N) is 1. The Balaban J connectivity index is 0.00000220. The van der Waals surface area contributed by atoms with E-state index in [2.05, 4.69) is 0 Å². The Bertz CT molecular complexity index is 471. The predicted octanol–water partition coefficient (Wildman–Crippen LogP) is 2.87. The maximum atomic E-state index is 12.5. The molecule has 1 saturated heterocycles. The summed E-state index contributed by atoms with van der Waals surface area (Å²) in [6, 6.07) is 7.31. The smallest absolute Gasteiger partial charge is 0.263 e. The molecule has 1 heterocycles. The second-order valence-electron chi connectivity index (χ2n) is 5.11. The number of hydrogen-bond donors (Lipinski definition) is 1. The van der Waals surface area contributed by atoms with Gasteiger partial charge in [-0.15, -0.1) is 12.4 Å². The van der Waals surface area contributed by atoms with E-state index in [9.17, 15) is 4.79 Å². The minimum atomic E-state index is -0.554. The lowest BCUT2D eigenvalue weighted by Crippen LogP contribution is -2.51. The molecule has 1 aromatic rings. The Kier molecular flexibility index (Phi) is 7.29. The lowest BCUT2D eigenvalue weighted by Gasteiger charge is -2.36. The van der Waals surface area contributed by atoms with Gasteiger partial charge in [0.25, 0.3) is 5.91 Å². The largest absolute Gasteiger partial charge is 0.479 e. The number of piperidine rings is 1. The first kappa shape index (κ1) is 18.1. The van der Waals surface area contributed by atoms with Crippen LogP contribution < -0.4 is 10.5 Å². The number of para-hydroxylation sites is 1. The molecule has 1 fully saturated rings. The van der Waals surface area contributed by atoms with E-state index in [1.54, 1.807) is 19.1 Å². The molecule has 0 radical (unpaired) electrons. The molecule has 1 aromatic carbocycles. The summed E-state index contributed by atoms with van der Waals surface area (Å²) in [4.78, 5) is 14.3. The number of likely N-dealkylation sites (tertiary alicyclic amines) is 1. The minimum Gasteiger partial charge on any atom is -0.479 e. The first-order valence-corrected chi connectivity index (χ1v) is 7.43. The van der Waals surface area contributed by atoms with E-state index in [0.717, 1.165) is 25.8 Å². The molecule has 0 aliphatic carbocycles. The lowest BCUT2D eigenvalue weighted by atomic mass is 10.0. The topological polar surface area (TPSA) is 55.6 Å². The SMILES string of the molecule is CC(Oc1ccccc1Cl)C(=O)N1CCCCC1CN.Cl. The van der Waals surface area contributed by atoms with E-state index in [-0.39, 0.29) is 24.4 Å².